The van der Waals surface area contributed by atoms with Crippen molar-refractivity contribution < 1.29 is 13.2 Å². The molecule has 0 aliphatic rings. The molecule has 5 heteroatoms. The van der Waals surface area contributed by atoms with Crippen molar-refractivity contribution in [1.29, 1.82) is 0 Å². The molecule has 0 aliphatic heterocycles. The van der Waals surface area contributed by atoms with Crippen LogP contribution in [0.3, 0.4) is 0 Å². The Hall–Kier alpha value is -2.56. The molecular weight excluding hydrogens is 291 g/mol. The lowest BCUT2D eigenvalue weighted by atomic mass is 10.1. The Morgan fingerprint density at radius 3 is 2.50 bits per heavy atom. The fraction of sp³-hybridized carbons (Fsp3) is 0.118. The van der Waals surface area contributed by atoms with Crippen LogP contribution in [0.25, 0.3) is 10.9 Å². The summed E-state index contributed by atoms with van der Waals surface area (Å²) in [5.74, 6) is 0. The van der Waals surface area contributed by atoms with Crippen molar-refractivity contribution in [1.82, 2.24) is 4.57 Å². The summed E-state index contributed by atoms with van der Waals surface area (Å²) in [5.41, 5.74) is 0.460. The molecule has 112 valence electrons. The number of rotatable bonds is 2. The van der Waals surface area contributed by atoms with Gasteiger partial charge in [-0.25, -0.2) is 0 Å². The van der Waals surface area contributed by atoms with Crippen molar-refractivity contribution in [3.63, 3.8) is 0 Å². The lowest BCUT2D eigenvalue weighted by molar-refractivity contribution is -0.137. The Morgan fingerprint density at radius 2 is 1.73 bits per heavy atom. The van der Waals surface area contributed by atoms with Crippen LogP contribution in [0.1, 0.15) is 11.1 Å². The highest BCUT2D eigenvalue weighted by atomic mass is 19.4. The van der Waals surface area contributed by atoms with E-state index in [0.29, 0.717) is 16.5 Å². The quantitative estimate of drug-likeness (QED) is 0.699. The zero-order valence-electron chi connectivity index (χ0n) is 11.5. The minimum atomic E-state index is -4.36. The average molecular weight is 303 g/mol. The van der Waals surface area contributed by atoms with Crippen LogP contribution < -0.4 is 5.43 Å². The number of aromatic nitrogens is 1. The summed E-state index contributed by atoms with van der Waals surface area (Å²) in [4.78, 5) is 11.8. The highest BCUT2D eigenvalue weighted by molar-refractivity contribution is 5.78. The van der Waals surface area contributed by atoms with Gasteiger partial charge in [0.2, 0.25) is 0 Å². The van der Waals surface area contributed by atoms with Gasteiger partial charge in [-0.2, -0.15) is 13.2 Å². The van der Waals surface area contributed by atoms with E-state index in [4.69, 9.17) is 0 Å². The number of para-hydroxylation sites is 1. The summed E-state index contributed by atoms with van der Waals surface area (Å²) in [5, 5.41) is 0.553. The van der Waals surface area contributed by atoms with E-state index in [0.717, 1.165) is 12.1 Å². The molecule has 0 amide bonds. The summed E-state index contributed by atoms with van der Waals surface area (Å²) in [6.07, 6.45) is -2.76. The van der Waals surface area contributed by atoms with E-state index in [1.54, 1.807) is 41.1 Å². The fourth-order valence-corrected chi connectivity index (χ4v) is 2.44. The standard InChI is InChI=1S/C17H12F3NO/c18-17(19,20)13-5-3-4-12(10-13)11-21-9-8-16(22)14-6-1-2-7-15(14)21/h1-10H,11H2. The molecule has 2 aromatic carbocycles. The highest BCUT2D eigenvalue weighted by Gasteiger charge is 2.30. The van der Waals surface area contributed by atoms with Crippen LogP contribution in [0.2, 0.25) is 0 Å². The number of hydrogen-bond donors (Lipinski definition) is 0. The lowest BCUT2D eigenvalue weighted by Crippen LogP contribution is -2.10. The van der Waals surface area contributed by atoms with Gasteiger partial charge in [-0.3, -0.25) is 4.79 Å². The van der Waals surface area contributed by atoms with Gasteiger partial charge in [0.25, 0.3) is 0 Å². The van der Waals surface area contributed by atoms with Gasteiger partial charge < -0.3 is 4.57 Å². The van der Waals surface area contributed by atoms with Crippen molar-refractivity contribution in [3.8, 4) is 0 Å². The van der Waals surface area contributed by atoms with Gasteiger partial charge in [-0.1, -0.05) is 24.3 Å². The first-order valence-electron chi connectivity index (χ1n) is 6.69. The molecule has 1 aromatic heterocycles. The number of fused-ring (bicyclic) bond motifs is 1. The molecule has 0 unspecified atom stereocenters. The first kappa shape index (κ1) is 14.4. The SMILES string of the molecule is O=c1ccn(Cc2cccc(C(F)(F)F)c2)c2ccccc12. The van der Waals surface area contributed by atoms with Gasteiger partial charge in [0.05, 0.1) is 11.1 Å². The first-order chi connectivity index (χ1) is 10.4. The van der Waals surface area contributed by atoms with Crippen molar-refractivity contribution in [2.24, 2.45) is 0 Å². The van der Waals surface area contributed by atoms with Gasteiger partial charge in [0, 0.05) is 24.2 Å². The third kappa shape index (κ3) is 2.74. The topological polar surface area (TPSA) is 22.0 Å². The largest absolute Gasteiger partial charge is 0.416 e. The van der Waals surface area contributed by atoms with Crippen LogP contribution in [0, 0.1) is 0 Å². The van der Waals surface area contributed by atoms with Crippen molar-refractivity contribution >= 4 is 10.9 Å². The normalized spacial score (nSPS) is 11.8. The summed E-state index contributed by atoms with van der Waals surface area (Å²) in [6.45, 7) is 0.269. The molecule has 2 nitrogen and oxygen atoms in total. The van der Waals surface area contributed by atoms with Gasteiger partial charge in [0.1, 0.15) is 0 Å². The molecule has 0 spiro atoms. The maximum atomic E-state index is 12.8. The fourth-order valence-electron chi connectivity index (χ4n) is 2.44. The molecule has 0 saturated heterocycles. The van der Waals surface area contributed by atoms with Crippen LogP contribution in [-0.4, -0.2) is 4.57 Å². The first-order valence-corrected chi connectivity index (χ1v) is 6.69. The zero-order chi connectivity index (χ0) is 15.7. The molecule has 3 aromatic rings. The lowest BCUT2D eigenvalue weighted by Gasteiger charge is -2.12. The molecule has 0 atom stereocenters. The molecule has 0 fully saturated rings. The molecule has 0 radical (unpaired) electrons. The van der Waals surface area contributed by atoms with Gasteiger partial charge >= 0.3 is 6.18 Å². The van der Waals surface area contributed by atoms with Crippen LogP contribution in [0.4, 0.5) is 13.2 Å². The van der Waals surface area contributed by atoms with Crippen LogP contribution in [0.5, 0.6) is 0 Å². The molecule has 0 bridgehead atoms. The minimum Gasteiger partial charge on any atom is -0.343 e. The Bertz CT molecular complexity index is 881. The second-order valence-corrected chi connectivity index (χ2v) is 5.02. The number of benzene rings is 2. The van der Waals surface area contributed by atoms with Crippen molar-refractivity contribution in [2.45, 2.75) is 12.7 Å². The average Bonchev–Trinajstić information content (AvgIpc) is 2.50. The summed E-state index contributed by atoms with van der Waals surface area (Å²) in [7, 11) is 0. The second kappa shape index (κ2) is 5.33. The van der Waals surface area contributed by atoms with Crippen LogP contribution in [0.15, 0.2) is 65.6 Å². The van der Waals surface area contributed by atoms with Gasteiger partial charge in [-0.15, -0.1) is 0 Å². The summed E-state index contributed by atoms with van der Waals surface area (Å²) < 4.78 is 40.1. The molecule has 1 heterocycles. The number of hydrogen-bond acceptors (Lipinski definition) is 1. The predicted molar refractivity (Wildman–Crippen MR) is 78.8 cm³/mol. The van der Waals surface area contributed by atoms with E-state index >= 15 is 0 Å². The Morgan fingerprint density at radius 1 is 0.955 bits per heavy atom. The maximum Gasteiger partial charge on any atom is 0.416 e. The van der Waals surface area contributed by atoms with E-state index < -0.39 is 11.7 Å². The minimum absolute atomic E-state index is 0.101. The third-order valence-electron chi connectivity index (χ3n) is 3.49. The molecular formula is C17H12F3NO. The van der Waals surface area contributed by atoms with E-state index in [9.17, 15) is 18.0 Å². The Balaban J connectivity index is 2.04. The van der Waals surface area contributed by atoms with E-state index in [-0.39, 0.29) is 12.0 Å². The summed E-state index contributed by atoms with van der Waals surface area (Å²) in [6, 6.07) is 13.7. The zero-order valence-corrected chi connectivity index (χ0v) is 11.5. The number of alkyl halides is 3. The van der Waals surface area contributed by atoms with Crippen LogP contribution >= 0.6 is 0 Å². The number of halogens is 3. The Labute approximate surface area is 124 Å². The third-order valence-corrected chi connectivity index (χ3v) is 3.49. The summed E-state index contributed by atoms with van der Waals surface area (Å²) >= 11 is 0. The Kier molecular flexibility index (Phi) is 3.48. The predicted octanol–water partition coefficient (Wildman–Crippen LogP) is 4.07. The van der Waals surface area contributed by atoms with E-state index in [1.807, 2.05) is 0 Å². The van der Waals surface area contributed by atoms with E-state index in [1.165, 1.54) is 12.1 Å². The molecule has 3 rings (SSSR count). The molecule has 22 heavy (non-hydrogen) atoms. The van der Waals surface area contributed by atoms with Gasteiger partial charge in [0.15, 0.2) is 5.43 Å². The molecule has 0 saturated carbocycles. The van der Waals surface area contributed by atoms with Crippen LogP contribution in [-0.2, 0) is 12.7 Å². The van der Waals surface area contributed by atoms with Crippen molar-refractivity contribution in [3.05, 3.63) is 82.1 Å². The van der Waals surface area contributed by atoms with Crippen molar-refractivity contribution in [2.75, 3.05) is 0 Å². The monoisotopic (exact) mass is 303 g/mol. The number of pyridine rings is 1. The number of nitrogens with zero attached hydrogens (tertiary/aromatic N) is 1. The second-order valence-electron chi connectivity index (χ2n) is 5.02. The van der Waals surface area contributed by atoms with E-state index in [2.05, 4.69) is 0 Å². The maximum absolute atomic E-state index is 12.8. The highest BCUT2D eigenvalue weighted by Crippen LogP contribution is 2.29. The molecule has 0 aliphatic carbocycles. The smallest absolute Gasteiger partial charge is 0.343 e. The van der Waals surface area contributed by atoms with Gasteiger partial charge in [-0.05, 0) is 29.8 Å². The molecule has 0 N–H and O–H groups in total.